The molecule has 1 amide bonds. The van der Waals surface area contributed by atoms with Gasteiger partial charge in [-0.15, -0.1) is 0 Å². The zero-order valence-electron chi connectivity index (χ0n) is 22.0. The van der Waals surface area contributed by atoms with Crippen LogP contribution in [0.15, 0.2) is 66.9 Å². The van der Waals surface area contributed by atoms with Crippen molar-refractivity contribution in [2.45, 2.75) is 19.6 Å². The third kappa shape index (κ3) is 6.68. The molecule has 0 radical (unpaired) electrons. The molecule has 2 aromatic carbocycles. The molecule has 3 N–H and O–H groups in total. The quantitative estimate of drug-likeness (QED) is 0.275. The molecule has 40 heavy (non-hydrogen) atoms. The van der Waals surface area contributed by atoms with Gasteiger partial charge in [-0.3, -0.25) is 4.79 Å². The summed E-state index contributed by atoms with van der Waals surface area (Å²) in [5, 5.41) is 12.0. The fourth-order valence-corrected chi connectivity index (χ4v) is 4.25. The predicted octanol–water partition coefficient (Wildman–Crippen LogP) is 3.45. The van der Waals surface area contributed by atoms with Crippen LogP contribution in [0.2, 0.25) is 0 Å². The van der Waals surface area contributed by atoms with Crippen molar-refractivity contribution >= 4 is 5.91 Å². The number of halogens is 1. The van der Waals surface area contributed by atoms with Gasteiger partial charge >= 0.3 is 6.01 Å². The molecule has 1 saturated heterocycles. The summed E-state index contributed by atoms with van der Waals surface area (Å²) >= 11 is 0. The first-order valence-electron chi connectivity index (χ1n) is 12.9. The van der Waals surface area contributed by atoms with Crippen LogP contribution in [0.5, 0.6) is 6.01 Å². The van der Waals surface area contributed by atoms with Gasteiger partial charge in [-0.05, 0) is 35.9 Å². The van der Waals surface area contributed by atoms with Gasteiger partial charge < -0.3 is 29.6 Å². The summed E-state index contributed by atoms with van der Waals surface area (Å²) in [6, 6.07) is 17.3. The highest BCUT2D eigenvalue weighted by atomic mass is 19.1. The number of carbonyl (C=O) groups excluding carboxylic acids is 1. The molecule has 0 saturated carbocycles. The number of nitrogens with one attached hydrogen (secondary N) is 2. The Morgan fingerprint density at radius 1 is 1.12 bits per heavy atom. The Balaban J connectivity index is 1.30. The number of rotatable bonds is 10. The molecule has 0 unspecified atom stereocenters. The molecule has 11 heteroatoms. The van der Waals surface area contributed by atoms with E-state index in [1.807, 2.05) is 37.3 Å². The Labute approximate surface area is 230 Å². The van der Waals surface area contributed by atoms with Gasteiger partial charge in [0.1, 0.15) is 12.4 Å². The van der Waals surface area contributed by atoms with E-state index in [4.69, 9.17) is 24.3 Å². The SMILES string of the molecule is CC1(CNC(=O)Cc2ccccc2)COC(c2nc(-c3ccc(F)cc3)c(-c3ccnc(OCCO)n3)[nH]2)OC1. The maximum Gasteiger partial charge on any atom is 0.317 e. The summed E-state index contributed by atoms with van der Waals surface area (Å²) in [7, 11) is 0. The van der Waals surface area contributed by atoms with Crippen molar-refractivity contribution in [2.75, 3.05) is 33.0 Å². The van der Waals surface area contributed by atoms with Crippen LogP contribution in [0.25, 0.3) is 22.6 Å². The fourth-order valence-electron chi connectivity index (χ4n) is 4.25. The highest BCUT2D eigenvalue weighted by Gasteiger charge is 2.35. The summed E-state index contributed by atoms with van der Waals surface area (Å²) in [5.41, 5.74) is 2.74. The molecular weight excluding hydrogens is 517 g/mol. The lowest BCUT2D eigenvalue weighted by molar-refractivity contribution is -0.232. The zero-order valence-corrected chi connectivity index (χ0v) is 22.0. The van der Waals surface area contributed by atoms with E-state index in [1.54, 1.807) is 18.2 Å². The largest absolute Gasteiger partial charge is 0.461 e. The number of aliphatic hydroxyl groups is 1. The maximum atomic E-state index is 13.6. The van der Waals surface area contributed by atoms with Crippen LogP contribution in [0.3, 0.4) is 0 Å². The van der Waals surface area contributed by atoms with Crippen LogP contribution in [0, 0.1) is 11.2 Å². The highest BCUT2D eigenvalue weighted by molar-refractivity contribution is 5.78. The Hall–Kier alpha value is -4.19. The molecule has 1 aliphatic rings. The van der Waals surface area contributed by atoms with Crippen LogP contribution < -0.4 is 10.1 Å². The second kappa shape index (κ2) is 12.3. The van der Waals surface area contributed by atoms with Gasteiger partial charge in [0.25, 0.3) is 0 Å². The van der Waals surface area contributed by atoms with Gasteiger partial charge in [-0.2, -0.15) is 4.98 Å². The number of nitrogens with zero attached hydrogens (tertiary/aromatic N) is 3. The molecule has 208 valence electrons. The van der Waals surface area contributed by atoms with E-state index in [0.717, 1.165) is 5.56 Å². The minimum atomic E-state index is -0.784. The molecule has 10 nitrogen and oxygen atoms in total. The van der Waals surface area contributed by atoms with Crippen LogP contribution in [0.1, 0.15) is 24.6 Å². The molecule has 0 aliphatic carbocycles. The number of ether oxygens (including phenoxy) is 3. The first-order valence-corrected chi connectivity index (χ1v) is 12.9. The molecule has 0 spiro atoms. The number of H-pyrrole nitrogens is 1. The Morgan fingerprint density at radius 2 is 1.88 bits per heavy atom. The van der Waals surface area contributed by atoms with Crippen molar-refractivity contribution in [2.24, 2.45) is 5.41 Å². The average Bonchev–Trinajstić information content (AvgIpc) is 3.42. The average molecular weight is 548 g/mol. The number of carbonyl (C=O) groups is 1. The first kappa shape index (κ1) is 27.4. The Kier molecular flexibility index (Phi) is 8.44. The summed E-state index contributed by atoms with van der Waals surface area (Å²) in [4.78, 5) is 28.9. The Bertz CT molecular complexity index is 1420. The molecule has 1 fully saturated rings. The van der Waals surface area contributed by atoms with E-state index in [-0.39, 0.29) is 30.9 Å². The number of imidazole rings is 1. The number of benzene rings is 2. The van der Waals surface area contributed by atoms with Crippen molar-refractivity contribution in [3.05, 3.63) is 84.1 Å². The van der Waals surface area contributed by atoms with E-state index >= 15 is 0 Å². The number of aliphatic hydroxyl groups excluding tert-OH is 1. The maximum absolute atomic E-state index is 13.6. The second-order valence-electron chi connectivity index (χ2n) is 9.85. The normalized spacial score (nSPS) is 18.8. The van der Waals surface area contributed by atoms with Gasteiger partial charge in [-0.1, -0.05) is 37.3 Å². The summed E-state index contributed by atoms with van der Waals surface area (Å²) in [5.74, 6) is -0.0147. The van der Waals surface area contributed by atoms with Gasteiger partial charge in [0, 0.05) is 23.7 Å². The lowest BCUT2D eigenvalue weighted by Crippen LogP contribution is -2.45. The number of aromatic nitrogens is 4. The minimum Gasteiger partial charge on any atom is -0.461 e. The van der Waals surface area contributed by atoms with E-state index in [2.05, 4.69) is 20.3 Å². The fraction of sp³-hybridized carbons (Fsp3) is 0.310. The van der Waals surface area contributed by atoms with E-state index in [1.165, 1.54) is 18.3 Å². The van der Waals surface area contributed by atoms with Crippen LogP contribution in [-0.2, 0) is 20.7 Å². The van der Waals surface area contributed by atoms with Crippen LogP contribution in [0.4, 0.5) is 4.39 Å². The summed E-state index contributed by atoms with van der Waals surface area (Å²) in [6.07, 6.45) is 1.06. The van der Waals surface area contributed by atoms with Crippen molar-refractivity contribution in [1.82, 2.24) is 25.3 Å². The number of hydrogen-bond acceptors (Lipinski definition) is 8. The third-order valence-corrected chi connectivity index (χ3v) is 6.36. The van der Waals surface area contributed by atoms with Gasteiger partial charge in [0.05, 0.1) is 43.3 Å². The topological polar surface area (TPSA) is 131 Å². The molecule has 3 heterocycles. The van der Waals surface area contributed by atoms with E-state index in [0.29, 0.717) is 54.6 Å². The predicted molar refractivity (Wildman–Crippen MR) is 143 cm³/mol. The summed E-state index contributed by atoms with van der Waals surface area (Å²) < 4.78 is 31.1. The van der Waals surface area contributed by atoms with E-state index in [9.17, 15) is 9.18 Å². The molecule has 1 aliphatic heterocycles. The zero-order chi connectivity index (χ0) is 28.0. The van der Waals surface area contributed by atoms with Crippen molar-refractivity contribution in [3.63, 3.8) is 0 Å². The number of amides is 1. The second-order valence-corrected chi connectivity index (χ2v) is 9.85. The molecule has 0 atom stereocenters. The van der Waals surface area contributed by atoms with Crippen molar-refractivity contribution < 1.29 is 28.5 Å². The number of hydrogen-bond donors (Lipinski definition) is 3. The first-order chi connectivity index (χ1) is 19.4. The monoisotopic (exact) mass is 547 g/mol. The summed E-state index contributed by atoms with van der Waals surface area (Å²) in [6.45, 7) is 2.92. The van der Waals surface area contributed by atoms with Gasteiger partial charge in [0.15, 0.2) is 5.82 Å². The van der Waals surface area contributed by atoms with Crippen molar-refractivity contribution in [1.29, 1.82) is 0 Å². The molecule has 2 aromatic heterocycles. The minimum absolute atomic E-state index is 0.0533. The lowest BCUT2D eigenvalue weighted by atomic mass is 9.92. The highest BCUT2D eigenvalue weighted by Crippen LogP contribution is 2.35. The third-order valence-electron chi connectivity index (χ3n) is 6.36. The lowest BCUT2D eigenvalue weighted by Gasteiger charge is -2.36. The van der Waals surface area contributed by atoms with Gasteiger partial charge in [-0.25, -0.2) is 14.4 Å². The molecule has 0 bridgehead atoms. The van der Waals surface area contributed by atoms with Crippen LogP contribution >= 0.6 is 0 Å². The number of aromatic amines is 1. The molecular formula is C29H30FN5O5. The van der Waals surface area contributed by atoms with Crippen molar-refractivity contribution in [3.8, 4) is 28.7 Å². The van der Waals surface area contributed by atoms with Crippen LogP contribution in [-0.4, -0.2) is 63.9 Å². The van der Waals surface area contributed by atoms with E-state index < -0.39 is 11.7 Å². The Morgan fingerprint density at radius 3 is 2.60 bits per heavy atom. The molecule has 4 aromatic rings. The van der Waals surface area contributed by atoms with Gasteiger partial charge in [0.2, 0.25) is 12.2 Å². The smallest absolute Gasteiger partial charge is 0.317 e. The molecule has 5 rings (SSSR count). The standard InChI is InChI=1S/C29H30FN5O5/c1-29(16-32-23(37)15-19-5-3-2-4-6-19)17-39-27(40-18-29)26-34-24(20-7-9-21(30)10-8-20)25(35-26)22-11-12-31-28(33-22)38-14-13-36/h2-12,27,36H,13-18H2,1H3,(H,32,37)(H,34,35).